The van der Waals surface area contributed by atoms with Crippen molar-refractivity contribution in [2.24, 2.45) is 0 Å². The lowest BCUT2D eigenvalue weighted by Crippen LogP contribution is -2.47. The molecule has 6 heteroatoms. The normalized spacial score (nSPS) is 16.2. The van der Waals surface area contributed by atoms with Gasteiger partial charge in [-0.25, -0.2) is 4.39 Å². The standard InChI is InChI=1S/C18H20FN3O2/c19-15-6-4-14(5-7-15)17-3-1-2-16(20-17)12-21-8-10-22(11-9-21)13-18(23)24/h1-7H,8-13H2,(H,23,24). The first kappa shape index (κ1) is 16.5. The molecule has 1 aliphatic rings. The van der Waals surface area contributed by atoms with Gasteiger partial charge in [0.05, 0.1) is 17.9 Å². The largest absolute Gasteiger partial charge is 0.480 e. The summed E-state index contributed by atoms with van der Waals surface area (Å²) in [6, 6.07) is 12.2. The number of rotatable bonds is 5. The maximum atomic E-state index is 13.0. The van der Waals surface area contributed by atoms with Crippen LogP contribution >= 0.6 is 0 Å². The van der Waals surface area contributed by atoms with Crippen LogP contribution in [0.2, 0.25) is 0 Å². The zero-order chi connectivity index (χ0) is 16.9. The van der Waals surface area contributed by atoms with E-state index in [-0.39, 0.29) is 12.4 Å². The molecule has 126 valence electrons. The molecule has 2 heterocycles. The van der Waals surface area contributed by atoms with E-state index in [0.717, 1.165) is 49.7 Å². The summed E-state index contributed by atoms with van der Waals surface area (Å²) in [5.41, 5.74) is 2.69. The molecule has 3 rings (SSSR count). The minimum absolute atomic E-state index is 0.103. The predicted octanol–water partition coefficient (Wildman–Crippen LogP) is 2.09. The molecule has 0 atom stereocenters. The second-order valence-electron chi connectivity index (χ2n) is 5.97. The predicted molar refractivity (Wildman–Crippen MR) is 89.0 cm³/mol. The Balaban J connectivity index is 1.61. The number of nitrogens with zero attached hydrogens (tertiary/aromatic N) is 3. The molecule has 0 saturated carbocycles. The zero-order valence-corrected chi connectivity index (χ0v) is 13.4. The van der Waals surface area contributed by atoms with Gasteiger partial charge in [0.25, 0.3) is 0 Å². The lowest BCUT2D eigenvalue weighted by Gasteiger charge is -2.33. The molecule has 0 amide bonds. The number of piperazine rings is 1. The molecule has 2 aromatic rings. The Morgan fingerprint density at radius 1 is 1.04 bits per heavy atom. The van der Waals surface area contributed by atoms with E-state index in [1.807, 2.05) is 23.1 Å². The number of halogens is 1. The molecule has 0 radical (unpaired) electrons. The van der Waals surface area contributed by atoms with Crippen LogP contribution in [-0.2, 0) is 11.3 Å². The van der Waals surface area contributed by atoms with Crippen LogP contribution in [0.1, 0.15) is 5.69 Å². The molecule has 1 aromatic carbocycles. The van der Waals surface area contributed by atoms with Crippen LogP contribution in [0.5, 0.6) is 0 Å². The molecule has 1 fully saturated rings. The monoisotopic (exact) mass is 329 g/mol. The first-order valence-corrected chi connectivity index (χ1v) is 7.98. The zero-order valence-electron chi connectivity index (χ0n) is 13.4. The molecule has 5 nitrogen and oxygen atoms in total. The van der Waals surface area contributed by atoms with Crippen molar-refractivity contribution in [2.75, 3.05) is 32.7 Å². The molecule has 1 N–H and O–H groups in total. The summed E-state index contributed by atoms with van der Waals surface area (Å²) in [5, 5.41) is 8.83. The van der Waals surface area contributed by atoms with Gasteiger partial charge >= 0.3 is 5.97 Å². The topological polar surface area (TPSA) is 56.7 Å². The van der Waals surface area contributed by atoms with Gasteiger partial charge in [0.1, 0.15) is 5.82 Å². The quantitative estimate of drug-likeness (QED) is 0.910. The number of carboxylic acids is 1. The molecular formula is C18H20FN3O2. The van der Waals surface area contributed by atoms with Crippen molar-refractivity contribution in [3.63, 3.8) is 0 Å². The third-order valence-corrected chi connectivity index (χ3v) is 4.16. The second-order valence-corrected chi connectivity index (χ2v) is 5.97. The van der Waals surface area contributed by atoms with Crippen molar-refractivity contribution in [2.45, 2.75) is 6.54 Å². The van der Waals surface area contributed by atoms with E-state index in [1.165, 1.54) is 12.1 Å². The Labute approximate surface area is 140 Å². The number of aromatic nitrogens is 1. The minimum Gasteiger partial charge on any atom is -0.480 e. The Bertz CT molecular complexity index is 698. The van der Waals surface area contributed by atoms with Gasteiger partial charge in [0, 0.05) is 38.3 Å². The van der Waals surface area contributed by atoms with E-state index < -0.39 is 5.97 Å². The van der Waals surface area contributed by atoms with E-state index in [9.17, 15) is 9.18 Å². The van der Waals surface area contributed by atoms with Gasteiger partial charge in [-0.3, -0.25) is 19.6 Å². The highest BCUT2D eigenvalue weighted by atomic mass is 19.1. The fourth-order valence-corrected chi connectivity index (χ4v) is 2.87. The van der Waals surface area contributed by atoms with Gasteiger partial charge < -0.3 is 5.11 Å². The SMILES string of the molecule is O=C(O)CN1CCN(Cc2cccc(-c3ccc(F)cc3)n2)CC1. The molecule has 0 aliphatic carbocycles. The average molecular weight is 329 g/mol. The van der Waals surface area contributed by atoms with Crippen LogP contribution in [0.3, 0.4) is 0 Å². The third kappa shape index (κ3) is 4.37. The Morgan fingerprint density at radius 3 is 2.38 bits per heavy atom. The van der Waals surface area contributed by atoms with Crippen molar-refractivity contribution in [3.05, 3.63) is 54.0 Å². The number of aliphatic carboxylic acids is 1. The van der Waals surface area contributed by atoms with E-state index in [2.05, 4.69) is 9.88 Å². The number of hydrogen-bond donors (Lipinski definition) is 1. The van der Waals surface area contributed by atoms with Gasteiger partial charge in [-0.05, 0) is 36.4 Å². The van der Waals surface area contributed by atoms with Crippen LogP contribution in [0.25, 0.3) is 11.3 Å². The van der Waals surface area contributed by atoms with Crippen LogP contribution in [0.4, 0.5) is 4.39 Å². The van der Waals surface area contributed by atoms with E-state index >= 15 is 0 Å². The molecular weight excluding hydrogens is 309 g/mol. The maximum absolute atomic E-state index is 13.0. The molecule has 1 saturated heterocycles. The first-order chi connectivity index (χ1) is 11.6. The number of pyridine rings is 1. The Morgan fingerprint density at radius 2 is 1.71 bits per heavy atom. The van der Waals surface area contributed by atoms with Crippen LogP contribution in [-0.4, -0.2) is 58.6 Å². The van der Waals surface area contributed by atoms with Crippen molar-refractivity contribution >= 4 is 5.97 Å². The van der Waals surface area contributed by atoms with E-state index in [1.54, 1.807) is 12.1 Å². The average Bonchev–Trinajstić information content (AvgIpc) is 2.57. The maximum Gasteiger partial charge on any atom is 0.317 e. The van der Waals surface area contributed by atoms with Gasteiger partial charge in [0.2, 0.25) is 0 Å². The minimum atomic E-state index is -0.780. The van der Waals surface area contributed by atoms with Gasteiger partial charge in [-0.2, -0.15) is 0 Å². The number of carboxylic acid groups (broad SMARTS) is 1. The van der Waals surface area contributed by atoms with Crippen LogP contribution in [0, 0.1) is 5.82 Å². The smallest absolute Gasteiger partial charge is 0.317 e. The fourth-order valence-electron chi connectivity index (χ4n) is 2.87. The Hall–Kier alpha value is -2.31. The number of carbonyl (C=O) groups is 1. The lowest BCUT2D eigenvalue weighted by atomic mass is 10.1. The summed E-state index contributed by atoms with van der Waals surface area (Å²) in [4.78, 5) is 19.6. The number of hydrogen-bond acceptors (Lipinski definition) is 4. The van der Waals surface area contributed by atoms with Crippen molar-refractivity contribution in [1.82, 2.24) is 14.8 Å². The highest BCUT2D eigenvalue weighted by Crippen LogP contribution is 2.18. The first-order valence-electron chi connectivity index (χ1n) is 7.98. The van der Waals surface area contributed by atoms with Crippen LogP contribution in [0.15, 0.2) is 42.5 Å². The van der Waals surface area contributed by atoms with Gasteiger partial charge in [0.15, 0.2) is 0 Å². The molecule has 0 spiro atoms. The summed E-state index contributed by atoms with van der Waals surface area (Å²) >= 11 is 0. The molecule has 0 bridgehead atoms. The highest BCUT2D eigenvalue weighted by Gasteiger charge is 2.19. The van der Waals surface area contributed by atoms with Crippen molar-refractivity contribution in [3.8, 4) is 11.3 Å². The number of benzene rings is 1. The van der Waals surface area contributed by atoms with E-state index in [4.69, 9.17) is 5.11 Å². The van der Waals surface area contributed by atoms with Gasteiger partial charge in [-0.1, -0.05) is 6.07 Å². The molecule has 24 heavy (non-hydrogen) atoms. The molecule has 1 aromatic heterocycles. The van der Waals surface area contributed by atoms with E-state index in [0.29, 0.717) is 0 Å². The summed E-state index contributed by atoms with van der Waals surface area (Å²) < 4.78 is 13.0. The summed E-state index contributed by atoms with van der Waals surface area (Å²) in [5.74, 6) is -1.04. The third-order valence-electron chi connectivity index (χ3n) is 4.16. The van der Waals surface area contributed by atoms with Gasteiger partial charge in [-0.15, -0.1) is 0 Å². The Kier molecular flexibility index (Phi) is 5.17. The van der Waals surface area contributed by atoms with Crippen molar-refractivity contribution in [1.29, 1.82) is 0 Å². The van der Waals surface area contributed by atoms with Crippen molar-refractivity contribution < 1.29 is 14.3 Å². The second kappa shape index (κ2) is 7.51. The molecule has 0 unspecified atom stereocenters. The fraction of sp³-hybridized carbons (Fsp3) is 0.333. The summed E-state index contributed by atoms with van der Waals surface area (Å²) in [6.07, 6.45) is 0. The highest BCUT2D eigenvalue weighted by molar-refractivity contribution is 5.69. The molecule has 1 aliphatic heterocycles. The van der Waals surface area contributed by atoms with Crippen LogP contribution < -0.4 is 0 Å². The summed E-state index contributed by atoms with van der Waals surface area (Å²) in [7, 11) is 0. The summed E-state index contributed by atoms with van der Waals surface area (Å²) in [6.45, 7) is 4.00. The lowest BCUT2D eigenvalue weighted by molar-refractivity contribution is -0.138.